The number of halogens is 11. The molecule has 4 nitrogen and oxygen atoms in total. The molecular weight excluding hydrogens is 629 g/mol. The largest absolute Gasteiger partial charge is 0.417 e. The summed E-state index contributed by atoms with van der Waals surface area (Å²) in [6.45, 7) is -0.467. The molecule has 0 aliphatic rings. The van der Waals surface area contributed by atoms with Gasteiger partial charge in [-0.15, -0.1) is 0 Å². The second-order valence-electron chi connectivity index (χ2n) is 8.35. The number of nitrogens with two attached hydrogens (primary N) is 1. The van der Waals surface area contributed by atoms with Crippen LogP contribution in [0.5, 0.6) is 0 Å². The maximum Gasteiger partial charge on any atom is 0.417 e. The van der Waals surface area contributed by atoms with Crippen molar-refractivity contribution in [3.8, 4) is 0 Å². The second kappa shape index (κ2) is 12.2. The van der Waals surface area contributed by atoms with Crippen molar-refractivity contribution in [3.63, 3.8) is 0 Å². The molecule has 0 aromatic heterocycles. The third-order valence-corrected chi connectivity index (χ3v) is 8.45. The Bertz CT molecular complexity index is 1370. The zero-order valence-electron chi connectivity index (χ0n) is 19.5. The van der Waals surface area contributed by atoms with Gasteiger partial charge in [0.2, 0.25) is 5.91 Å². The van der Waals surface area contributed by atoms with E-state index in [-0.39, 0.29) is 11.1 Å². The van der Waals surface area contributed by atoms with Crippen LogP contribution in [-0.4, -0.2) is 38.7 Å². The molecule has 216 valence electrons. The number of carbonyl (C=O) groups excluding carboxylic acids is 1. The minimum atomic E-state index is -5.42. The van der Waals surface area contributed by atoms with E-state index in [4.69, 9.17) is 40.5 Å². The fourth-order valence-corrected chi connectivity index (χ4v) is 5.83. The molecule has 0 heterocycles. The van der Waals surface area contributed by atoms with Gasteiger partial charge in [-0.05, 0) is 41.3 Å². The Morgan fingerprint density at radius 3 is 1.97 bits per heavy atom. The minimum absolute atomic E-state index is 0.0540. The lowest BCUT2D eigenvalue weighted by Crippen LogP contribution is -2.25. The lowest BCUT2D eigenvalue weighted by molar-refractivity contribution is -0.140. The topological polar surface area (TPSA) is 77.2 Å². The molecule has 2 aromatic carbocycles. The molecule has 0 aliphatic carbocycles. The maximum absolute atomic E-state index is 15.6. The van der Waals surface area contributed by atoms with Gasteiger partial charge >= 0.3 is 12.4 Å². The van der Waals surface area contributed by atoms with E-state index in [1.54, 1.807) is 0 Å². The van der Waals surface area contributed by atoms with Crippen molar-refractivity contribution in [1.29, 1.82) is 0 Å². The Labute approximate surface area is 232 Å². The fourth-order valence-electron chi connectivity index (χ4n) is 3.89. The standard InChI is InChI=1S/C23H18Cl3F8NO3S/c1-10(9-39(37,38)5-4-27)18-12(2-3-13(21(35)36)19(18)23(32,33)34)17(28)8-14(22(29,30)31)11-6-15(24)20(26)16(25)7-11/h2-3,6-8,10,14H,4-5,9H2,1H3,(H2,35,36)/b17-8-/t10-,14?/m0/s1. The van der Waals surface area contributed by atoms with Crippen molar-refractivity contribution in [1.82, 2.24) is 0 Å². The van der Waals surface area contributed by atoms with E-state index >= 15 is 4.39 Å². The van der Waals surface area contributed by atoms with E-state index < -0.39 is 102 Å². The van der Waals surface area contributed by atoms with Crippen LogP contribution in [0, 0.1) is 0 Å². The number of hydrogen-bond acceptors (Lipinski definition) is 3. The Kier molecular flexibility index (Phi) is 10.4. The molecule has 0 aliphatic heterocycles. The molecule has 2 atom stereocenters. The first-order valence-electron chi connectivity index (χ1n) is 10.6. The van der Waals surface area contributed by atoms with Crippen LogP contribution in [-0.2, 0) is 16.0 Å². The first-order chi connectivity index (χ1) is 17.7. The first-order valence-corrected chi connectivity index (χ1v) is 13.6. The number of carbonyl (C=O) groups is 1. The number of rotatable bonds is 9. The minimum Gasteiger partial charge on any atom is -0.366 e. The molecule has 16 heteroatoms. The zero-order chi connectivity index (χ0) is 30.1. The highest BCUT2D eigenvalue weighted by Crippen LogP contribution is 2.45. The summed E-state index contributed by atoms with van der Waals surface area (Å²) in [5.74, 6) is -10.2. The van der Waals surface area contributed by atoms with E-state index in [2.05, 4.69) is 0 Å². The molecule has 2 rings (SSSR count). The van der Waals surface area contributed by atoms with Crippen LogP contribution in [0.4, 0.5) is 35.1 Å². The molecule has 2 N–H and O–H groups in total. The normalized spacial score (nSPS) is 14.8. The Balaban J connectivity index is 2.91. The lowest BCUT2D eigenvalue weighted by atomic mass is 9.86. The predicted molar refractivity (Wildman–Crippen MR) is 132 cm³/mol. The van der Waals surface area contributed by atoms with Gasteiger partial charge in [-0.3, -0.25) is 4.79 Å². The molecule has 0 bridgehead atoms. The Morgan fingerprint density at radius 2 is 1.54 bits per heavy atom. The summed E-state index contributed by atoms with van der Waals surface area (Å²) in [5.41, 5.74) is -0.915. The summed E-state index contributed by atoms with van der Waals surface area (Å²) in [6.07, 6.45) is -10.7. The number of alkyl halides is 7. The second-order valence-corrected chi connectivity index (χ2v) is 11.8. The number of hydrogen-bond donors (Lipinski definition) is 1. The third-order valence-electron chi connectivity index (χ3n) is 5.47. The van der Waals surface area contributed by atoms with Crippen LogP contribution in [0.15, 0.2) is 30.3 Å². The summed E-state index contributed by atoms with van der Waals surface area (Å²) < 4.78 is 137. The van der Waals surface area contributed by atoms with Gasteiger partial charge in [-0.1, -0.05) is 47.8 Å². The SMILES string of the molecule is C[C@@H](CS(=O)(=O)CCF)c1c(/C(F)=C/C(c2cc(Cl)c(Cl)c(Cl)c2)C(F)(F)F)ccc(C(N)=O)c1C(F)(F)F. The predicted octanol–water partition coefficient (Wildman–Crippen LogP) is 7.91. The highest BCUT2D eigenvalue weighted by Gasteiger charge is 2.43. The average molecular weight is 647 g/mol. The molecule has 1 amide bonds. The summed E-state index contributed by atoms with van der Waals surface area (Å²) in [7, 11) is -4.34. The van der Waals surface area contributed by atoms with Crippen molar-refractivity contribution in [2.75, 3.05) is 18.2 Å². The number of benzene rings is 2. The Morgan fingerprint density at radius 1 is 1.03 bits per heavy atom. The van der Waals surface area contributed by atoms with Crippen molar-refractivity contribution in [2.45, 2.75) is 31.1 Å². The van der Waals surface area contributed by atoms with Crippen molar-refractivity contribution in [2.24, 2.45) is 5.73 Å². The van der Waals surface area contributed by atoms with Gasteiger partial charge in [0.1, 0.15) is 18.4 Å². The van der Waals surface area contributed by atoms with Crippen LogP contribution < -0.4 is 5.73 Å². The molecule has 0 spiro atoms. The Hall–Kier alpha value is -2.09. The maximum atomic E-state index is 15.6. The zero-order valence-corrected chi connectivity index (χ0v) is 22.6. The third kappa shape index (κ3) is 7.99. The number of allylic oxidation sites excluding steroid dienone is 1. The molecule has 0 saturated heterocycles. The van der Waals surface area contributed by atoms with Gasteiger partial charge in [0.15, 0.2) is 9.84 Å². The summed E-state index contributed by atoms with van der Waals surface area (Å²) in [5, 5.41) is -1.13. The lowest BCUT2D eigenvalue weighted by Gasteiger charge is -2.24. The van der Waals surface area contributed by atoms with Crippen LogP contribution in [0.1, 0.15) is 51.4 Å². The van der Waals surface area contributed by atoms with E-state index in [1.165, 1.54) is 0 Å². The molecule has 0 radical (unpaired) electrons. The van der Waals surface area contributed by atoms with Crippen molar-refractivity contribution in [3.05, 3.63) is 73.2 Å². The van der Waals surface area contributed by atoms with Gasteiger partial charge in [-0.2, -0.15) is 26.3 Å². The highest BCUT2D eigenvalue weighted by atomic mass is 35.5. The molecule has 1 unspecified atom stereocenters. The van der Waals surface area contributed by atoms with Gasteiger partial charge < -0.3 is 5.73 Å². The first kappa shape index (κ1) is 33.1. The molecule has 0 saturated carbocycles. The van der Waals surface area contributed by atoms with Crippen molar-refractivity contribution < 1.29 is 48.3 Å². The van der Waals surface area contributed by atoms with Crippen molar-refractivity contribution >= 4 is 56.4 Å². The summed E-state index contributed by atoms with van der Waals surface area (Å²) in [4.78, 5) is 11.8. The van der Waals surface area contributed by atoms with E-state index in [9.17, 15) is 43.9 Å². The van der Waals surface area contributed by atoms with E-state index in [0.717, 1.165) is 19.1 Å². The number of amides is 1. The van der Waals surface area contributed by atoms with Gasteiger partial charge in [0, 0.05) is 5.56 Å². The van der Waals surface area contributed by atoms with Gasteiger partial charge in [0.25, 0.3) is 0 Å². The van der Waals surface area contributed by atoms with Crippen LogP contribution >= 0.6 is 34.8 Å². The summed E-state index contributed by atoms with van der Waals surface area (Å²) >= 11 is 17.3. The van der Waals surface area contributed by atoms with E-state index in [0.29, 0.717) is 12.1 Å². The fraction of sp³-hybridized carbons (Fsp3) is 0.348. The molecule has 0 fully saturated rings. The monoisotopic (exact) mass is 645 g/mol. The van der Waals surface area contributed by atoms with Gasteiger partial charge in [-0.25, -0.2) is 17.2 Å². The van der Waals surface area contributed by atoms with Crippen LogP contribution in [0.25, 0.3) is 5.83 Å². The van der Waals surface area contributed by atoms with E-state index in [1.807, 2.05) is 0 Å². The smallest absolute Gasteiger partial charge is 0.366 e. The highest BCUT2D eigenvalue weighted by molar-refractivity contribution is 7.91. The quantitative estimate of drug-likeness (QED) is 0.222. The van der Waals surface area contributed by atoms with Gasteiger partial charge in [0.05, 0.1) is 37.7 Å². The average Bonchev–Trinajstić information content (AvgIpc) is 2.77. The molecule has 39 heavy (non-hydrogen) atoms. The molecule has 2 aromatic rings. The van der Waals surface area contributed by atoms with Crippen LogP contribution in [0.3, 0.4) is 0 Å². The summed E-state index contributed by atoms with van der Waals surface area (Å²) in [6, 6.07) is 2.51. The molecular formula is C23H18Cl3F8NO3S. The van der Waals surface area contributed by atoms with Crippen LogP contribution in [0.2, 0.25) is 15.1 Å². The number of sulfone groups is 1. The number of primary amides is 1.